The first-order chi connectivity index (χ1) is 14.9. The van der Waals surface area contributed by atoms with E-state index in [0.717, 1.165) is 0 Å². The first kappa shape index (κ1) is 16.0. The van der Waals surface area contributed by atoms with Gasteiger partial charge in [-0.1, -0.05) is 103 Å². The molecule has 30 heavy (non-hydrogen) atoms. The van der Waals surface area contributed by atoms with Crippen molar-refractivity contribution >= 4 is 53.9 Å². The van der Waals surface area contributed by atoms with Gasteiger partial charge in [0.25, 0.3) is 0 Å². The van der Waals surface area contributed by atoms with Gasteiger partial charge < -0.3 is 0 Å². The molecule has 0 spiro atoms. The standard InChI is InChI=1S/C30H18/c1-2-8-19(9-3-1)21-12-6-13-22-23-16-7-17-25-24-14-4-10-20-11-5-15-26(29(20)24)28(30(23)25)18-27(21)22/h1-18H. The van der Waals surface area contributed by atoms with E-state index < -0.39 is 0 Å². The monoisotopic (exact) mass is 378 g/mol. The van der Waals surface area contributed by atoms with Gasteiger partial charge in [-0.15, -0.1) is 0 Å². The van der Waals surface area contributed by atoms with Crippen LogP contribution in [-0.4, -0.2) is 0 Å². The molecule has 138 valence electrons. The Morgan fingerprint density at radius 2 is 0.900 bits per heavy atom. The van der Waals surface area contributed by atoms with Crippen molar-refractivity contribution in [2.24, 2.45) is 0 Å². The Kier molecular flexibility index (Phi) is 3.09. The van der Waals surface area contributed by atoms with Crippen LogP contribution in [0.25, 0.3) is 65.0 Å². The lowest BCUT2D eigenvalue weighted by Crippen LogP contribution is -1.89. The van der Waals surface area contributed by atoms with Crippen LogP contribution >= 0.6 is 0 Å². The minimum Gasteiger partial charge on any atom is -0.0622 e. The van der Waals surface area contributed by atoms with E-state index in [-0.39, 0.29) is 0 Å². The van der Waals surface area contributed by atoms with Crippen LogP contribution in [0.1, 0.15) is 0 Å². The van der Waals surface area contributed by atoms with Crippen molar-refractivity contribution in [2.45, 2.75) is 0 Å². The lowest BCUT2D eigenvalue weighted by Gasteiger charge is -2.17. The lowest BCUT2D eigenvalue weighted by molar-refractivity contribution is 1.66. The van der Waals surface area contributed by atoms with Gasteiger partial charge in [-0.2, -0.15) is 0 Å². The van der Waals surface area contributed by atoms with Crippen molar-refractivity contribution in [3.05, 3.63) is 109 Å². The maximum absolute atomic E-state index is 2.42. The molecule has 0 radical (unpaired) electrons. The molecule has 0 atom stereocenters. The Morgan fingerprint density at radius 1 is 0.333 bits per heavy atom. The predicted molar refractivity (Wildman–Crippen MR) is 131 cm³/mol. The van der Waals surface area contributed by atoms with Gasteiger partial charge >= 0.3 is 0 Å². The SMILES string of the molecule is c1ccc(-c2cccc3c2cc2c4cccc5cccc(c6cccc3c62)c54)cc1. The van der Waals surface area contributed by atoms with Crippen LogP contribution in [0.4, 0.5) is 0 Å². The molecule has 0 aliphatic carbocycles. The third kappa shape index (κ3) is 2.00. The van der Waals surface area contributed by atoms with Crippen molar-refractivity contribution in [1.82, 2.24) is 0 Å². The molecule has 0 saturated heterocycles. The molecule has 0 heteroatoms. The summed E-state index contributed by atoms with van der Waals surface area (Å²) in [5.74, 6) is 0. The zero-order valence-electron chi connectivity index (χ0n) is 16.4. The number of benzene rings is 7. The zero-order valence-corrected chi connectivity index (χ0v) is 16.4. The van der Waals surface area contributed by atoms with E-state index in [1.54, 1.807) is 0 Å². The molecule has 7 rings (SSSR count). The van der Waals surface area contributed by atoms with Gasteiger partial charge in [0, 0.05) is 0 Å². The summed E-state index contributed by atoms with van der Waals surface area (Å²) >= 11 is 0. The highest BCUT2D eigenvalue weighted by Gasteiger charge is 2.15. The summed E-state index contributed by atoms with van der Waals surface area (Å²) in [5.41, 5.74) is 2.56. The Morgan fingerprint density at radius 3 is 1.67 bits per heavy atom. The topological polar surface area (TPSA) is 0 Å². The molecule has 0 heterocycles. The smallest absolute Gasteiger partial charge is 0.00199 e. The van der Waals surface area contributed by atoms with Gasteiger partial charge in [-0.05, 0) is 71.1 Å². The molecular weight excluding hydrogens is 360 g/mol. The fourth-order valence-electron chi connectivity index (χ4n) is 5.34. The third-order valence-corrected chi connectivity index (χ3v) is 6.59. The van der Waals surface area contributed by atoms with Crippen molar-refractivity contribution in [2.75, 3.05) is 0 Å². The minimum absolute atomic E-state index is 1.26. The second-order valence-electron chi connectivity index (χ2n) is 8.13. The molecule has 0 bridgehead atoms. The predicted octanol–water partition coefficient (Wildman–Crippen LogP) is 8.56. The molecule has 0 aliphatic rings. The van der Waals surface area contributed by atoms with Gasteiger partial charge in [0.2, 0.25) is 0 Å². The van der Waals surface area contributed by atoms with Crippen LogP contribution in [0.2, 0.25) is 0 Å². The molecule has 0 aromatic heterocycles. The summed E-state index contributed by atoms with van der Waals surface area (Å²) in [6.45, 7) is 0. The molecule has 7 aromatic rings. The van der Waals surface area contributed by atoms with Gasteiger partial charge in [0.05, 0.1) is 0 Å². The normalized spacial score (nSPS) is 12.0. The number of fused-ring (bicyclic) bond motifs is 4. The van der Waals surface area contributed by atoms with E-state index in [1.807, 2.05) is 0 Å². The van der Waals surface area contributed by atoms with Crippen LogP contribution in [0, 0.1) is 0 Å². The molecule has 0 unspecified atom stereocenters. The third-order valence-electron chi connectivity index (χ3n) is 6.59. The number of hydrogen-bond acceptors (Lipinski definition) is 0. The quantitative estimate of drug-likeness (QED) is 0.198. The second-order valence-corrected chi connectivity index (χ2v) is 8.13. The molecule has 0 saturated carbocycles. The molecular formula is C30H18. The molecule has 0 amide bonds. The maximum atomic E-state index is 2.42. The zero-order chi connectivity index (χ0) is 19.7. The van der Waals surface area contributed by atoms with Gasteiger partial charge in [0.1, 0.15) is 0 Å². The Labute approximate surface area is 174 Å². The Hall–Kier alpha value is -3.90. The van der Waals surface area contributed by atoms with Crippen LogP contribution in [0.3, 0.4) is 0 Å². The van der Waals surface area contributed by atoms with Gasteiger partial charge in [-0.25, -0.2) is 0 Å². The summed E-state index contributed by atoms with van der Waals surface area (Å²) in [7, 11) is 0. The Balaban J connectivity index is 1.80. The molecule has 0 aliphatic heterocycles. The molecule has 0 fully saturated rings. The lowest BCUT2D eigenvalue weighted by atomic mass is 9.86. The first-order valence-corrected chi connectivity index (χ1v) is 10.5. The van der Waals surface area contributed by atoms with E-state index in [0.29, 0.717) is 0 Å². The van der Waals surface area contributed by atoms with Crippen molar-refractivity contribution in [3.8, 4) is 11.1 Å². The summed E-state index contributed by atoms with van der Waals surface area (Å²) in [5, 5.41) is 13.4. The number of rotatable bonds is 1. The van der Waals surface area contributed by atoms with E-state index in [4.69, 9.17) is 0 Å². The van der Waals surface area contributed by atoms with Crippen LogP contribution in [0.15, 0.2) is 109 Å². The van der Waals surface area contributed by atoms with E-state index in [9.17, 15) is 0 Å². The van der Waals surface area contributed by atoms with Crippen molar-refractivity contribution in [3.63, 3.8) is 0 Å². The Bertz CT molecular complexity index is 1720. The highest BCUT2D eigenvalue weighted by Crippen LogP contribution is 2.44. The van der Waals surface area contributed by atoms with Crippen LogP contribution in [-0.2, 0) is 0 Å². The summed E-state index contributed by atoms with van der Waals surface area (Å²) in [4.78, 5) is 0. The fourth-order valence-corrected chi connectivity index (χ4v) is 5.34. The van der Waals surface area contributed by atoms with E-state index in [1.165, 1.54) is 65.0 Å². The summed E-state index contributed by atoms with van der Waals surface area (Å²) < 4.78 is 0. The average Bonchev–Trinajstić information content (AvgIpc) is 2.82. The van der Waals surface area contributed by atoms with Crippen LogP contribution in [0.5, 0.6) is 0 Å². The molecule has 0 N–H and O–H groups in total. The van der Waals surface area contributed by atoms with Crippen molar-refractivity contribution in [1.29, 1.82) is 0 Å². The van der Waals surface area contributed by atoms with Gasteiger partial charge in [0.15, 0.2) is 0 Å². The average molecular weight is 378 g/mol. The van der Waals surface area contributed by atoms with Crippen LogP contribution < -0.4 is 0 Å². The van der Waals surface area contributed by atoms with Crippen molar-refractivity contribution < 1.29 is 0 Å². The van der Waals surface area contributed by atoms with E-state index in [2.05, 4.69) is 109 Å². The number of hydrogen-bond donors (Lipinski definition) is 0. The molecule has 0 nitrogen and oxygen atoms in total. The minimum atomic E-state index is 1.26. The maximum Gasteiger partial charge on any atom is -0.00199 e. The second kappa shape index (κ2) is 5.81. The molecule has 7 aromatic carbocycles. The largest absolute Gasteiger partial charge is 0.0622 e. The highest BCUT2D eigenvalue weighted by molar-refractivity contribution is 6.36. The summed E-state index contributed by atoms with van der Waals surface area (Å²) in [6, 6.07) is 40.0. The fraction of sp³-hybridized carbons (Fsp3) is 0. The highest BCUT2D eigenvalue weighted by atomic mass is 14.2. The van der Waals surface area contributed by atoms with Gasteiger partial charge in [-0.3, -0.25) is 0 Å². The first-order valence-electron chi connectivity index (χ1n) is 10.5. The van der Waals surface area contributed by atoms with E-state index >= 15 is 0 Å². The summed E-state index contributed by atoms with van der Waals surface area (Å²) in [6.07, 6.45) is 0.